The third-order valence-corrected chi connectivity index (χ3v) is 7.76. The number of nitrogens with zero attached hydrogens (tertiary/aromatic N) is 1. The monoisotopic (exact) mass is 548 g/mol. The molecule has 1 aliphatic heterocycles. The molecular weight excluding hydrogens is 517 g/mol. The molecule has 192 valence electrons. The molecule has 1 aromatic heterocycles. The Morgan fingerprint density at radius 1 is 1.14 bits per heavy atom. The number of rotatable bonds is 9. The quantitative estimate of drug-likeness (QED) is 0.286. The normalized spacial score (nSPS) is 16.8. The molecule has 2 atom stereocenters. The van der Waals surface area contributed by atoms with Gasteiger partial charge in [-0.2, -0.15) is 0 Å². The second-order valence-corrected chi connectivity index (χ2v) is 10.8. The van der Waals surface area contributed by atoms with Crippen LogP contribution in [-0.2, 0) is 22.4 Å². The highest BCUT2D eigenvalue weighted by atomic mass is 35.5. The van der Waals surface area contributed by atoms with Crippen molar-refractivity contribution in [2.75, 3.05) is 25.1 Å². The molecule has 0 radical (unpaired) electrons. The van der Waals surface area contributed by atoms with Crippen molar-refractivity contribution in [3.8, 4) is 5.75 Å². The summed E-state index contributed by atoms with van der Waals surface area (Å²) in [6.45, 7) is 5.38. The molecule has 3 aromatic rings. The van der Waals surface area contributed by atoms with Gasteiger partial charge in [-0.15, -0.1) is 9.24 Å². The molecule has 0 amide bonds. The van der Waals surface area contributed by atoms with Crippen LogP contribution >= 0.6 is 32.4 Å². The lowest BCUT2D eigenvalue weighted by atomic mass is 9.89. The van der Waals surface area contributed by atoms with Gasteiger partial charge in [0, 0.05) is 36.6 Å². The zero-order chi connectivity index (χ0) is 25.8. The minimum Gasteiger partial charge on any atom is -0.480 e. The number of halogens is 3. The molecule has 1 fully saturated rings. The molecule has 2 unspecified atom stereocenters. The number of aromatic nitrogens is 1. The van der Waals surface area contributed by atoms with Crippen molar-refractivity contribution in [3.63, 3.8) is 0 Å². The van der Waals surface area contributed by atoms with E-state index in [4.69, 9.17) is 32.7 Å². The van der Waals surface area contributed by atoms with Crippen LogP contribution in [0.4, 0.5) is 10.1 Å². The topological polar surface area (TPSA) is 43.4 Å². The lowest BCUT2D eigenvalue weighted by Gasteiger charge is -2.38. The van der Waals surface area contributed by atoms with Gasteiger partial charge in [-0.05, 0) is 55.2 Å². The average molecular weight is 549 g/mol. The first-order chi connectivity index (χ1) is 17.2. The van der Waals surface area contributed by atoms with E-state index in [1.165, 1.54) is 0 Å². The maximum atomic E-state index is 14.5. The van der Waals surface area contributed by atoms with Crippen molar-refractivity contribution in [3.05, 3.63) is 81.6 Å². The van der Waals surface area contributed by atoms with E-state index in [9.17, 15) is 4.39 Å². The van der Waals surface area contributed by atoms with E-state index < -0.39 is 11.3 Å². The number of anilines is 1. The summed E-state index contributed by atoms with van der Waals surface area (Å²) >= 11 is 12.6. The second kappa shape index (κ2) is 11.6. The molecule has 0 bridgehead atoms. The Labute approximate surface area is 225 Å². The number of hydrogen-bond acceptors (Lipinski definition) is 4. The molecule has 2 heterocycles. The summed E-state index contributed by atoms with van der Waals surface area (Å²) < 4.78 is 26.7. The van der Waals surface area contributed by atoms with E-state index in [0.717, 1.165) is 40.8 Å². The average Bonchev–Trinajstić information content (AvgIpc) is 2.86. The molecule has 0 saturated carbocycles. The van der Waals surface area contributed by atoms with E-state index in [-0.39, 0.29) is 0 Å². The fraction of sp³-hybridized carbons (Fsp3) is 0.393. The molecule has 36 heavy (non-hydrogen) atoms. The SMILES string of the molecule is CCC(C)(F)c1ccc(CCNc2ccc(OC3(c4ncc(Cl)cc4Cl)CCOCC3)c(P)c2)cc1. The lowest BCUT2D eigenvalue weighted by Crippen LogP contribution is -2.41. The zero-order valence-corrected chi connectivity index (χ0v) is 23.3. The van der Waals surface area contributed by atoms with Gasteiger partial charge >= 0.3 is 0 Å². The molecule has 1 aliphatic rings. The van der Waals surface area contributed by atoms with Crippen LogP contribution in [0.15, 0.2) is 54.7 Å². The van der Waals surface area contributed by atoms with E-state index >= 15 is 0 Å². The summed E-state index contributed by atoms with van der Waals surface area (Å²) in [5, 5.41) is 5.38. The van der Waals surface area contributed by atoms with Crippen LogP contribution in [0.3, 0.4) is 0 Å². The van der Waals surface area contributed by atoms with Gasteiger partial charge in [0.25, 0.3) is 0 Å². The molecule has 0 spiro atoms. The second-order valence-electron chi connectivity index (χ2n) is 9.37. The highest BCUT2D eigenvalue weighted by Gasteiger charge is 2.40. The molecule has 4 rings (SSSR count). The van der Waals surface area contributed by atoms with Crippen molar-refractivity contribution in [2.24, 2.45) is 0 Å². The van der Waals surface area contributed by atoms with Gasteiger partial charge in [-0.1, -0.05) is 54.4 Å². The zero-order valence-electron chi connectivity index (χ0n) is 20.6. The summed E-state index contributed by atoms with van der Waals surface area (Å²) in [7, 11) is 2.76. The van der Waals surface area contributed by atoms with E-state index in [0.29, 0.717) is 48.2 Å². The van der Waals surface area contributed by atoms with Crippen molar-refractivity contribution in [2.45, 2.75) is 50.8 Å². The minimum absolute atomic E-state index is 0.461. The summed E-state index contributed by atoms with van der Waals surface area (Å²) in [6.07, 6.45) is 4.19. The van der Waals surface area contributed by atoms with Crippen molar-refractivity contribution < 1.29 is 13.9 Å². The summed E-state index contributed by atoms with van der Waals surface area (Å²) in [4.78, 5) is 4.53. The third-order valence-electron chi connectivity index (χ3n) is 6.82. The highest BCUT2D eigenvalue weighted by molar-refractivity contribution is 7.27. The van der Waals surface area contributed by atoms with Crippen LogP contribution in [-0.4, -0.2) is 24.7 Å². The molecule has 0 aliphatic carbocycles. The van der Waals surface area contributed by atoms with Crippen LogP contribution in [0.25, 0.3) is 0 Å². The number of hydrogen-bond donors (Lipinski definition) is 1. The number of pyridine rings is 1. The van der Waals surface area contributed by atoms with Crippen molar-refractivity contribution in [1.29, 1.82) is 0 Å². The van der Waals surface area contributed by atoms with Gasteiger partial charge in [0.05, 0.1) is 23.3 Å². The maximum Gasteiger partial charge on any atom is 0.157 e. The van der Waals surface area contributed by atoms with Gasteiger partial charge in [-0.3, -0.25) is 4.98 Å². The molecule has 4 nitrogen and oxygen atoms in total. The van der Waals surface area contributed by atoms with Crippen molar-refractivity contribution >= 4 is 43.4 Å². The number of benzene rings is 2. The fourth-order valence-electron chi connectivity index (χ4n) is 4.37. The number of ether oxygens (including phenoxy) is 2. The highest BCUT2D eigenvalue weighted by Crippen LogP contribution is 2.40. The van der Waals surface area contributed by atoms with Gasteiger partial charge in [0.1, 0.15) is 17.1 Å². The smallest absolute Gasteiger partial charge is 0.157 e. The number of alkyl halides is 1. The fourth-order valence-corrected chi connectivity index (χ4v) is 5.26. The van der Waals surface area contributed by atoms with Crippen LogP contribution < -0.4 is 15.4 Å². The first-order valence-corrected chi connectivity index (χ1v) is 13.6. The van der Waals surface area contributed by atoms with E-state index in [1.54, 1.807) is 19.2 Å². The Hall–Kier alpha value is -1.91. The first kappa shape index (κ1) is 27.1. The Balaban J connectivity index is 1.42. The molecule has 1 saturated heterocycles. The van der Waals surface area contributed by atoms with Crippen LogP contribution in [0.5, 0.6) is 5.75 Å². The molecule has 2 aromatic carbocycles. The Morgan fingerprint density at radius 2 is 1.86 bits per heavy atom. The molecule has 8 heteroatoms. The largest absolute Gasteiger partial charge is 0.480 e. The molecular formula is C28H32Cl2FN2O2P. The first-order valence-electron chi connectivity index (χ1n) is 12.2. The van der Waals surface area contributed by atoms with Gasteiger partial charge in [-0.25, -0.2) is 4.39 Å². The van der Waals surface area contributed by atoms with Gasteiger partial charge in [0.15, 0.2) is 5.60 Å². The van der Waals surface area contributed by atoms with Gasteiger partial charge in [0.2, 0.25) is 0 Å². The Bertz CT molecular complexity index is 1180. The standard InChI is InChI=1S/C28H32Cl2FN2O2P/c1-3-27(2,31)20-6-4-19(5-7-20)10-13-32-22-8-9-24(25(36)17-22)35-28(11-14-34-15-12-28)26-23(30)16-21(29)18-33-26/h4-9,16-18,32H,3,10-15,36H2,1-2H3. The predicted molar refractivity (Wildman–Crippen MR) is 150 cm³/mol. The van der Waals surface area contributed by atoms with Crippen LogP contribution in [0.1, 0.15) is 49.9 Å². The lowest BCUT2D eigenvalue weighted by molar-refractivity contribution is -0.0519. The van der Waals surface area contributed by atoms with Crippen LogP contribution in [0.2, 0.25) is 10.0 Å². The van der Waals surface area contributed by atoms with Crippen LogP contribution in [0, 0.1) is 0 Å². The number of nitrogens with one attached hydrogen (secondary N) is 1. The van der Waals surface area contributed by atoms with E-state index in [1.807, 2.05) is 49.4 Å². The molecule has 1 N–H and O–H groups in total. The van der Waals surface area contributed by atoms with Crippen molar-refractivity contribution in [1.82, 2.24) is 4.98 Å². The van der Waals surface area contributed by atoms with E-state index in [2.05, 4.69) is 19.5 Å². The Morgan fingerprint density at radius 3 is 2.50 bits per heavy atom. The third kappa shape index (κ3) is 6.31. The maximum absolute atomic E-state index is 14.5. The predicted octanol–water partition coefficient (Wildman–Crippen LogP) is 7.22. The summed E-state index contributed by atoms with van der Waals surface area (Å²) in [5.41, 5.74) is 1.60. The Kier molecular flexibility index (Phi) is 8.78. The van der Waals surface area contributed by atoms with Gasteiger partial charge < -0.3 is 14.8 Å². The summed E-state index contributed by atoms with van der Waals surface area (Å²) in [6, 6.07) is 15.5. The minimum atomic E-state index is -1.28. The summed E-state index contributed by atoms with van der Waals surface area (Å²) in [5.74, 6) is 0.751.